The molecule has 0 radical (unpaired) electrons. The number of alkyl halides is 1. The van der Waals surface area contributed by atoms with Gasteiger partial charge in [-0.25, -0.2) is 9.97 Å². The molecule has 0 saturated carbocycles. The third-order valence-corrected chi connectivity index (χ3v) is 2.64. The Morgan fingerprint density at radius 3 is 2.79 bits per heavy atom. The van der Waals surface area contributed by atoms with Crippen LogP contribution >= 0.6 is 11.6 Å². The molecule has 0 spiro atoms. The molecule has 1 heterocycles. The van der Waals surface area contributed by atoms with Crippen LogP contribution in [-0.2, 0) is 0 Å². The van der Waals surface area contributed by atoms with E-state index in [-0.39, 0.29) is 5.38 Å². The van der Waals surface area contributed by atoms with E-state index in [0.29, 0.717) is 5.92 Å². The molecule has 0 bridgehead atoms. The number of nitrogens with one attached hydrogen (secondary N) is 1. The third-order valence-electron chi connectivity index (χ3n) is 1.98. The van der Waals surface area contributed by atoms with E-state index in [4.69, 9.17) is 11.6 Å². The minimum Gasteiger partial charge on any atom is -0.368 e. The van der Waals surface area contributed by atoms with Crippen molar-refractivity contribution in [3.05, 3.63) is 18.1 Å². The molecular weight excluding hydrogens is 198 g/mol. The van der Waals surface area contributed by atoms with Crippen molar-refractivity contribution >= 4 is 17.4 Å². The fraction of sp³-hybridized carbons (Fsp3) is 0.600. The summed E-state index contributed by atoms with van der Waals surface area (Å²) in [6.07, 6.45) is 1.74. The molecule has 0 aliphatic rings. The Balaban J connectivity index is 2.45. The molecule has 1 atom stereocenters. The Morgan fingerprint density at radius 1 is 1.50 bits per heavy atom. The number of aromatic nitrogens is 2. The fourth-order valence-electron chi connectivity index (χ4n) is 0.992. The van der Waals surface area contributed by atoms with Crippen LogP contribution in [0.3, 0.4) is 0 Å². The van der Waals surface area contributed by atoms with Gasteiger partial charge in [-0.2, -0.15) is 0 Å². The van der Waals surface area contributed by atoms with Crippen LogP contribution in [0.2, 0.25) is 0 Å². The first-order valence-electron chi connectivity index (χ1n) is 4.77. The molecule has 1 N–H and O–H groups in total. The quantitative estimate of drug-likeness (QED) is 0.781. The summed E-state index contributed by atoms with van der Waals surface area (Å²) >= 11 is 6.10. The third kappa shape index (κ3) is 3.50. The van der Waals surface area contributed by atoms with Gasteiger partial charge in [0.25, 0.3) is 0 Å². The normalized spacial score (nSPS) is 12.9. The lowest BCUT2D eigenvalue weighted by Crippen LogP contribution is -2.20. The van der Waals surface area contributed by atoms with Crippen LogP contribution in [0.5, 0.6) is 0 Å². The van der Waals surface area contributed by atoms with Gasteiger partial charge in [-0.15, -0.1) is 11.6 Å². The van der Waals surface area contributed by atoms with Crippen LogP contribution in [0, 0.1) is 12.8 Å². The first-order chi connectivity index (χ1) is 6.59. The highest BCUT2D eigenvalue weighted by molar-refractivity contribution is 6.21. The van der Waals surface area contributed by atoms with Gasteiger partial charge in [0, 0.05) is 12.7 Å². The highest BCUT2D eigenvalue weighted by Crippen LogP contribution is 2.10. The summed E-state index contributed by atoms with van der Waals surface area (Å²) in [7, 11) is 0. The molecule has 4 heteroatoms. The minimum absolute atomic E-state index is 0.130. The highest BCUT2D eigenvalue weighted by Gasteiger charge is 2.08. The van der Waals surface area contributed by atoms with Crippen LogP contribution in [0.15, 0.2) is 12.3 Å². The monoisotopic (exact) mass is 213 g/mol. The Bertz CT molecular complexity index is 288. The van der Waals surface area contributed by atoms with Gasteiger partial charge in [-0.3, -0.25) is 0 Å². The van der Waals surface area contributed by atoms with E-state index in [1.54, 1.807) is 6.20 Å². The molecule has 3 nitrogen and oxygen atoms in total. The highest BCUT2D eigenvalue weighted by atomic mass is 35.5. The van der Waals surface area contributed by atoms with Crippen molar-refractivity contribution in [2.75, 3.05) is 11.9 Å². The van der Waals surface area contributed by atoms with Crippen molar-refractivity contribution in [1.29, 1.82) is 0 Å². The Kier molecular flexibility index (Phi) is 4.14. The standard InChI is InChI=1S/C10H16ClN3/c1-7(2)9(11)6-13-10-4-5-12-8(3)14-10/h4-5,7,9H,6H2,1-3H3,(H,12,13,14). The van der Waals surface area contributed by atoms with Crippen molar-refractivity contribution in [2.45, 2.75) is 26.1 Å². The minimum atomic E-state index is 0.130. The molecule has 1 unspecified atom stereocenters. The number of anilines is 1. The number of rotatable bonds is 4. The Labute approximate surface area is 89.9 Å². The molecule has 0 aliphatic heterocycles. The van der Waals surface area contributed by atoms with Crippen LogP contribution in [0.4, 0.5) is 5.82 Å². The molecule has 14 heavy (non-hydrogen) atoms. The van der Waals surface area contributed by atoms with E-state index in [0.717, 1.165) is 18.2 Å². The van der Waals surface area contributed by atoms with E-state index in [1.807, 2.05) is 13.0 Å². The van der Waals surface area contributed by atoms with E-state index in [9.17, 15) is 0 Å². The summed E-state index contributed by atoms with van der Waals surface area (Å²) in [6, 6.07) is 1.84. The van der Waals surface area contributed by atoms with E-state index < -0.39 is 0 Å². The van der Waals surface area contributed by atoms with Gasteiger partial charge in [0.15, 0.2) is 0 Å². The number of aryl methyl sites for hydroxylation is 1. The number of hydrogen-bond donors (Lipinski definition) is 1. The summed E-state index contributed by atoms with van der Waals surface area (Å²) in [5.41, 5.74) is 0. The Morgan fingerprint density at radius 2 is 2.21 bits per heavy atom. The largest absolute Gasteiger partial charge is 0.368 e. The van der Waals surface area contributed by atoms with Crippen molar-refractivity contribution in [1.82, 2.24) is 9.97 Å². The average molecular weight is 214 g/mol. The van der Waals surface area contributed by atoms with E-state index in [2.05, 4.69) is 29.1 Å². The van der Waals surface area contributed by atoms with Gasteiger partial charge >= 0.3 is 0 Å². The van der Waals surface area contributed by atoms with Crippen LogP contribution in [-0.4, -0.2) is 21.9 Å². The molecule has 0 aliphatic carbocycles. The van der Waals surface area contributed by atoms with Crippen LogP contribution in [0.1, 0.15) is 19.7 Å². The van der Waals surface area contributed by atoms with Crippen LogP contribution in [0.25, 0.3) is 0 Å². The molecule has 78 valence electrons. The predicted octanol–water partition coefficient (Wildman–Crippen LogP) is 2.46. The number of halogens is 1. The number of nitrogens with zero attached hydrogens (tertiary/aromatic N) is 2. The van der Waals surface area contributed by atoms with Gasteiger partial charge in [-0.05, 0) is 18.9 Å². The zero-order valence-electron chi connectivity index (χ0n) is 8.79. The number of hydrogen-bond acceptors (Lipinski definition) is 3. The predicted molar refractivity (Wildman–Crippen MR) is 59.7 cm³/mol. The molecule has 0 amide bonds. The second-order valence-electron chi connectivity index (χ2n) is 3.63. The van der Waals surface area contributed by atoms with Gasteiger partial charge < -0.3 is 5.32 Å². The van der Waals surface area contributed by atoms with E-state index in [1.165, 1.54) is 0 Å². The molecular formula is C10H16ClN3. The summed E-state index contributed by atoms with van der Waals surface area (Å²) in [5.74, 6) is 2.07. The molecule has 0 fully saturated rings. The topological polar surface area (TPSA) is 37.8 Å². The van der Waals surface area contributed by atoms with Crippen molar-refractivity contribution in [3.63, 3.8) is 0 Å². The lowest BCUT2D eigenvalue weighted by atomic mass is 10.1. The maximum atomic E-state index is 6.10. The maximum Gasteiger partial charge on any atom is 0.129 e. The zero-order valence-corrected chi connectivity index (χ0v) is 9.54. The summed E-state index contributed by atoms with van der Waals surface area (Å²) in [4.78, 5) is 8.24. The molecule has 0 aromatic carbocycles. The van der Waals surface area contributed by atoms with Crippen molar-refractivity contribution in [2.24, 2.45) is 5.92 Å². The van der Waals surface area contributed by atoms with Gasteiger partial charge in [-0.1, -0.05) is 13.8 Å². The second-order valence-corrected chi connectivity index (χ2v) is 4.19. The van der Waals surface area contributed by atoms with Crippen LogP contribution < -0.4 is 5.32 Å². The zero-order chi connectivity index (χ0) is 10.6. The average Bonchev–Trinajstić information content (AvgIpc) is 2.14. The SMILES string of the molecule is Cc1nccc(NCC(Cl)C(C)C)n1. The second kappa shape index (κ2) is 5.15. The lowest BCUT2D eigenvalue weighted by molar-refractivity contribution is 0.615. The van der Waals surface area contributed by atoms with E-state index >= 15 is 0 Å². The molecule has 1 aromatic rings. The van der Waals surface area contributed by atoms with Gasteiger partial charge in [0.2, 0.25) is 0 Å². The lowest BCUT2D eigenvalue weighted by Gasteiger charge is -2.14. The van der Waals surface area contributed by atoms with Gasteiger partial charge in [0.05, 0.1) is 5.38 Å². The smallest absolute Gasteiger partial charge is 0.129 e. The molecule has 0 saturated heterocycles. The maximum absolute atomic E-state index is 6.10. The first-order valence-corrected chi connectivity index (χ1v) is 5.21. The fourth-order valence-corrected chi connectivity index (χ4v) is 1.07. The molecule has 1 aromatic heterocycles. The molecule has 1 rings (SSSR count). The first kappa shape index (κ1) is 11.2. The summed E-state index contributed by atoms with van der Waals surface area (Å²) in [6.45, 7) is 6.80. The van der Waals surface area contributed by atoms with Crippen molar-refractivity contribution < 1.29 is 0 Å². The summed E-state index contributed by atoms with van der Waals surface area (Å²) < 4.78 is 0. The van der Waals surface area contributed by atoms with Crippen molar-refractivity contribution in [3.8, 4) is 0 Å². The van der Waals surface area contributed by atoms with Gasteiger partial charge in [0.1, 0.15) is 11.6 Å². The summed E-state index contributed by atoms with van der Waals surface area (Å²) in [5, 5.41) is 3.31. The Hall–Kier alpha value is -0.830.